The average Bonchev–Trinajstić information content (AvgIpc) is 3.28. The molecule has 0 aliphatic rings. The lowest BCUT2D eigenvalue weighted by Gasteiger charge is -2.20. The molecule has 0 rings (SSSR count). The Morgan fingerprint density at radius 3 is 0.887 bits per heavy atom. The summed E-state index contributed by atoms with van der Waals surface area (Å²) >= 11 is 0. The minimum Gasteiger partial charge on any atom is -0.394 e. The number of aliphatic hydroxyl groups excluding tert-OH is 2. The van der Waals surface area contributed by atoms with Crippen molar-refractivity contribution in [2.24, 2.45) is 0 Å². The molecule has 0 fully saturated rings. The van der Waals surface area contributed by atoms with Crippen molar-refractivity contribution in [2.75, 3.05) is 6.61 Å². The van der Waals surface area contributed by atoms with E-state index in [2.05, 4.69) is 31.3 Å². The van der Waals surface area contributed by atoms with E-state index < -0.39 is 12.1 Å². The van der Waals surface area contributed by atoms with Crippen molar-refractivity contribution in [2.45, 2.75) is 334 Å². The van der Waals surface area contributed by atoms with Gasteiger partial charge >= 0.3 is 0 Å². The molecule has 62 heavy (non-hydrogen) atoms. The van der Waals surface area contributed by atoms with Gasteiger partial charge in [-0.2, -0.15) is 0 Å². The van der Waals surface area contributed by atoms with Crippen LogP contribution in [0.5, 0.6) is 0 Å². The number of amides is 1. The Morgan fingerprint density at radius 2 is 0.613 bits per heavy atom. The fourth-order valence-corrected chi connectivity index (χ4v) is 9.06. The zero-order valence-electron chi connectivity index (χ0n) is 42.4. The van der Waals surface area contributed by atoms with E-state index in [0.717, 1.165) is 25.7 Å². The lowest BCUT2D eigenvalue weighted by Crippen LogP contribution is -2.45. The Hall–Kier alpha value is -1.13. The number of aliphatic hydroxyl groups is 2. The maximum absolute atomic E-state index is 12.5. The van der Waals surface area contributed by atoms with E-state index in [0.29, 0.717) is 6.42 Å². The van der Waals surface area contributed by atoms with Crippen LogP contribution in [0.1, 0.15) is 322 Å². The van der Waals surface area contributed by atoms with Crippen molar-refractivity contribution in [3.63, 3.8) is 0 Å². The van der Waals surface area contributed by atoms with Crippen molar-refractivity contribution < 1.29 is 15.0 Å². The van der Waals surface area contributed by atoms with Crippen molar-refractivity contribution in [1.82, 2.24) is 5.32 Å². The first-order valence-corrected chi connectivity index (χ1v) is 28.6. The Balaban J connectivity index is 3.47. The quantitative estimate of drug-likeness (QED) is 0.0421. The standard InChI is InChI=1S/C58H113NO3/c1-3-5-7-9-11-13-15-17-19-21-23-25-27-28-29-30-31-32-34-36-38-40-42-44-46-48-50-52-54-58(62)59-56(55-60)57(61)53-51-49-47-45-43-41-39-37-35-33-26-24-22-20-18-16-14-12-10-8-6-4-2/h28-29,51,53,56-57,60-61H,3-27,30-50,52,54-55H2,1-2H3,(H,59,62)/b29-28-,53-51+. The summed E-state index contributed by atoms with van der Waals surface area (Å²) < 4.78 is 0. The number of hydrogen-bond donors (Lipinski definition) is 3. The third-order valence-corrected chi connectivity index (χ3v) is 13.4. The van der Waals surface area contributed by atoms with Gasteiger partial charge in [0.25, 0.3) is 0 Å². The zero-order valence-corrected chi connectivity index (χ0v) is 42.4. The molecule has 0 bridgehead atoms. The van der Waals surface area contributed by atoms with E-state index in [1.807, 2.05) is 6.08 Å². The molecule has 0 aliphatic heterocycles. The van der Waals surface area contributed by atoms with Crippen molar-refractivity contribution in [3.05, 3.63) is 24.3 Å². The molecule has 2 unspecified atom stereocenters. The van der Waals surface area contributed by atoms with Crippen molar-refractivity contribution >= 4 is 5.91 Å². The fourth-order valence-electron chi connectivity index (χ4n) is 9.06. The lowest BCUT2D eigenvalue weighted by atomic mass is 10.0. The number of hydrogen-bond acceptors (Lipinski definition) is 3. The van der Waals surface area contributed by atoms with Crippen LogP contribution in [0.15, 0.2) is 24.3 Å². The summed E-state index contributed by atoms with van der Waals surface area (Å²) in [4.78, 5) is 12.5. The number of nitrogens with one attached hydrogen (secondary N) is 1. The van der Waals surface area contributed by atoms with Gasteiger partial charge in [-0.3, -0.25) is 4.79 Å². The molecule has 4 heteroatoms. The number of carbonyl (C=O) groups excluding carboxylic acids is 1. The van der Waals surface area contributed by atoms with E-state index in [1.54, 1.807) is 6.08 Å². The van der Waals surface area contributed by atoms with Gasteiger partial charge in [-0.05, 0) is 44.9 Å². The molecule has 368 valence electrons. The maximum Gasteiger partial charge on any atom is 0.220 e. The van der Waals surface area contributed by atoms with Crippen LogP contribution in [-0.2, 0) is 4.79 Å². The average molecular weight is 873 g/mol. The topological polar surface area (TPSA) is 69.6 Å². The molecule has 0 aromatic heterocycles. The van der Waals surface area contributed by atoms with E-state index in [9.17, 15) is 15.0 Å². The van der Waals surface area contributed by atoms with E-state index in [4.69, 9.17) is 0 Å². The van der Waals surface area contributed by atoms with E-state index in [1.165, 1.54) is 276 Å². The molecule has 2 atom stereocenters. The molecule has 0 radical (unpaired) electrons. The number of rotatable bonds is 53. The van der Waals surface area contributed by atoms with Gasteiger partial charge in [-0.1, -0.05) is 295 Å². The highest BCUT2D eigenvalue weighted by molar-refractivity contribution is 5.76. The van der Waals surface area contributed by atoms with Gasteiger partial charge in [-0.25, -0.2) is 0 Å². The number of carbonyl (C=O) groups is 1. The zero-order chi connectivity index (χ0) is 44.9. The summed E-state index contributed by atoms with van der Waals surface area (Å²) in [6, 6.07) is -0.621. The summed E-state index contributed by atoms with van der Waals surface area (Å²) in [7, 11) is 0. The highest BCUT2D eigenvalue weighted by Crippen LogP contribution is 2.17. The predicted octanol–water partition coefficient (Wildman–Crippen LogP) is 18.7. The van der Waals surface area contributed by atoms with Gasteiger partial charge < -0.3 is 15.5 Å². The second kappa shape index (κ2) is 54.2. The van der Waals surface area contributed by atoms with Gasteiger partial charge in [0.2, 0.25) is 5.91 Å². The van der Waals surface area contributed by atoms with Gasteiger partial charge in [-0.15, -0.1) is 0 Å². The minimum absolute atomic E-state index is 0.0589. The second-order valence-electron chi connectivity index (χ2n) is 19.7. The fraction of sp³-hybridized carbons (Fsp3) is 0.914. The van der Waals surface area contributed by atoms with Gasteiger partial charge in [0.1, 0.15) is 0 Å². The van der Waals surface area contributed by atoms with E-state index in [-0.39, 0.29) is 12.5 Å². The first-order valence-electron chi connectivity index (χ1n) is 28.6. The smallest absolute Gasteiger partial charge is 0.220 e. The van der Waals surface area contributed by atoms with Crippen LogP contribution in [0, 0.1) is 0 Å². The van der Waals surface area contributed by atoms with Gasteiger partial charge in [0, 0.05) is 6.42 Å². The molecular formula is C58H113NO3. The highest BCUT2D eigenvalue weighted by Gasteiger charge is 2.18. The van der Waals surface area contributed by atoms with Gasteiger partial charge in [0.05, 0.1) is 18.8 Å². The SMILES string of the molecule is CCCCCCCCCCCCCC/C=C\CCCCCCCCCCCCCCC(=O)NC(CO)C(O)/C=C/CCCCCCCCCCCCCCCCCCCCCC. The van der Waals surface area contributed by atoms with Crippen LogP contribution in [-0.4, -0.2) is 34.9 Å². The molecule has 0 aliphatic carbocycles. The van der Waals surface area contributed by atoms with Crippen LogP contribution in [0.4, 0.5) is 0 Å². The van der Waals surface area contributed by atoms with Crippen molar-refractivity contribution in [3.8, 4) is 0 Å². The second-order valence-corrected chi connectivity index (χ2v) is 19.7. The molecular weight excluding hydrogens is 759 g/mol. The van der Waals surface area contributed by atoms with Crippen LogP contribution >= 0.6 is 0 Å². The number of unbranched alkanes of at least 4 members (excludes halogenated alkanes) is 44. The molecule has 3 N–H and O–H groups in total. The Bertz CT molecular complexity index is 901. The highest BCUT2D eigenvalue weighted by atomic mass is 16.3. The summed E-state index contributed by atoms with van der Waals surface area (Å²) in [5.74, 6) is -0.0589. The summed E-state index contributed by atoms with van der Waals surface area (Å²) in [6.07, 6.45) is 72.0. The first-order chi connectivity index (χ1) is 30.7. The van der Waals surface area contributed by atoms with Crippen LogP contribution in [0.2, 0.25) is 0 Å². The Morgan fingerprint density at radius 1 is 0.371 bits per heavy atom. The molecule has 1 amide bonds. The molecule has 0 saturated carbocycles. The normalized spacial score (nSPS) is 12.9. The molecule has 0 aromatic rings. The Kier molecular flexibility index (Phi) is 53.2. The number of allylic oxidation sites excluding steroid dienone is 3. The van der Waals surface area contributed by atoms with Crippen LogP contribution < -0.4 is 5.32 Å². The van der Waals surface area contributed by atoms with Crippen LogP contribution in [0.3, 0.4) is 0 Å². The third-order valence-electron chi connectivity index (χ3n) is 13.4. The molecule has 0 aromatic carbocycles. The first kappa shape index (κ1) is 60.9. The molecule has 0 saturated heterocycles. The van der Waals surface area contributed by atoms with Crippen molar-refractivity contribution in [1.29, 1.82) is 0 Å². The van der Waals surface area contributed by atoms with E-state index >= 15 is 0 Å². The molecule has 4 nitrogen and oxygen atoms in total. The summed E-state index contributed by atoms with van der Waals surface area (Å²) in [5.41, 5.74) is 0. The molecule has 0 spiro atoms. The monoisotopic (exact) mass is 872 g/mol. The van der Waals surface area contributed by atoms with Gasteiger partial charge in [0.15, 0.2) is 0 Å². The third kappa shape index (κ3) is 49.9. The Labute approximate surface area is 389 Å². The maximum atomic E-state index is 12.5. The lowest BCUT2D eigenvalue weighted by molar-refractivity contribution is -0.123. The summed E-state index contributed by atoms with van der Waals surface area (Å²) in [5, 5.41) is 23.2. The minimum atomic E-state index is -0.838. The molecule has 0 heterocycles. The predicted molar refractivity (Wildman–Crippen MR) is 276 cm³/mol. The largest absolute Gasteiger partial charge is 0.394 e. The summed E-state index contributed by atoms with van der Waals surface area (Å²) in [6.45, 7) is 4.35. The van der Waals surface area contributed by atoms with Crippen LogP contribution in [0.25, 0.3) is 0 Å².